The maximum Gasteiger partial charge on any atom is 0.326 e. The second-order valence-electron chi connectivity index (χ2n) is 5.50. The maximum atomic E-state index is 12.2. The highest BCUT2D eigenvalue weighted by Gasteiger charge is 2.78. The summed E-state index contributed by atoms with van der Waals surface area (Å²) < 4.78 is 0. The lowest BCUT2D eigenvalue weighted by molar-refractivity contribution is -0.151. The van der Waals surface area contributed by atoms with Gasteiger partial charge in [-0.25, -0.2) is 9.69 Å². The highest BCUT2D eigenvalue weighted by atomic mass is 16.2. The molecule has 100 valence electrons. The third-order valence-corrected chi connectivity index (χ3v) is 4.63. The number of amides is 3. The van der Waals surface area contributed by atoms with E-state index in [2.05, 4.69) is 10.3 Å². The summed E-state index contributed by atoms with van der Waals surface area (Å²) in [6.45, 7) is 1.80. The van der Waals surface area contributed by atoms with Gasteiger partial charge in [-0.3, -0.25) is 9.79 Å². The number of nitrogens with one attached hydrogen (secondary N) is 1. The van der Waals surface area contributed by atoms with E-state index >= 15 is 0 Å². The monoisotopic (exact) mass is 267 g/mol. The zero-order valence-corrected chi connectivity index (χ0v) is 11.0. The SMILES string of the molecule is CC12NC(=O)N(C1=O)C21CC=NC=C1c1ccccc1. The van der Waals surface area contributed by atoms with E-state index < -0.39 is 11.1 Å². The van der Waals surface area contributed by atoms with Crippen molar-refractivity contribution in [2.45, 2.75) is 24.4 Å². The molecule has 4 heterocycles. The summed E-state index contributed by atoms with van der Waals surface area (Å²) in [5.74, 6) is -0.153. The minimum absolute atomic E-state index is 0.153. The molecule has 3 amide bonds. The summed E-state index contributed by atoms with van der Waals surface area (Å²) in [4.78, 5) is 29.8. The average molecular weight is 267 g/mol. The van der Waals surface area contributed by atoms with E-state index in [1.165, 1.54) is 4.90 Å². The molecule has 5 rings (SSSR count). The highest BCUT2D eigenvalue weighted by molar-refractivity contribution is 6.20. The molecular formula is C15H13N3O2. The largest absolute Gasteiger partial charge is 0.326 e. The summed E-state index contributed by atoms with van der Waals surface area (Å²) in [6.07, 6.45) is 4.08. The van der Waals surface area contributed by atoms with Crippen molar-refractivity contribution in [2.24, 2.45) is 4.99 Å². The third kappa shape index (κ3) is 0.997. The van der Waals surface area contributed by atoms with Gasteiger partial charge in [0.05, 0.1) is 0 Å². The molecule has 0 aliphatic carbocycles. The molecule has 4 aliphatic heterocycles. The molecule has 5 nitrogen and oxygen atoms in total. The molecule has 0 saturated carbocycles. The summed E-state index contributed by atoms with van der Waals surface area (Å²) in [6, 6.07) is 9.47. The first-order valence-electron chi connectivity index (χ1n) is 6.56. The summed E-state index contributed by atoms with van der Waals surface area (Å²) in [5.41, 5.74) is 0.410. The van der Waals surface area contributed by atoms with Gasteiger partial charge in [0.15, 0.2) is 0 Å². The number of hydrogen-bond acceptors (Lipinski definition) is 3. The quantitative estimate of drug-likeness (QED) is 0.620. The number of carbonyl (C=O) groups is 2. The van der Waals surface area contributed by atoms with Gasteiger partial charge in [0.1, 0.15) is 11.1 Å². The van der Waals surface area contributed by atoms with E-state index in [-0.39, 0.29) is 11.9 Å². The predicted octanol–water partition coefficient (Wildman–Crippen LogP) is 1.56. The van der Waals surface area contributed by atoms with E-state index in [4.69, 9.17) is 0 Å². The minimum Gasteiger partial charge on any atom is -0.321 e. The number of β-lactam (4-membered cyclic amide) rings is 1. The lowest BCUT2D eigenvalue weighted by Crippen LogP contribution is -2.77. The average Bonchev–Trinajstić information content (AvgIpc) is 2.85. The number of aliphatic imine (C=N–C) groups is 1. The molecule has 2 atom stereocenters. The standard InChI is InChI=1S/C15H13N3O2/c1-14-12(19)18(13(20)17-14)15(14)7-8-16-9-11(15)10-5-3-2-4-6-10/h2-6,8-9H,7H2,1H3,(H,17,20). The molecule has 2 bridgehead atoms. The molecule has 1 aromatic carbocycles. The number of rotatable bonds is 1. The number of carbonyl (C=O) groups excluding carboxylic acids is 2. The van der Waals surface area contributed by atoms with E-state index in [1.807, 2.05) is 30.3 Å². The second kappa shape index (κ2) is 3.36. The molecule has 1 spiro atoms. The third-order valence-electron chi connectivity index (χ3n) is 4.63. The lowest BCUT2D eigenvalue weighted by Gasteiger charge is -2.55. The number of fused-ring (bicyclic) bond motifs is 1. The van der Waals surface area contributed by atoms with Crippen LogP contribution >= 0.6 is 0 Å². The first-order chi connectivity index (χ1) is 9.61. The van der Waals surface area contributed by atoms with Gasteiger partial charge in [-0.05, 0) is 12.5 Å². The fourth-order valence-electron chi connectivity index (χ4n) is 3.58. The predicted molar refractivity (Wildman–Crippen MR) is 74.0 cm³/mol. The molecule has 2 unspecified atom stereocenters. The maximum absolute atomic E-state index is 12.2. The van der Waals surface area contributed by atoms with Crippen LogP contribution in [0.1, 0.15) is 18.9 Å². The van der Waals surface area contributed by atoms with Crippen LogP contribution in [-0.2, 0) is 4.79 Å². The van der Waals surface area contributed by atoms with Crippen LogP contribution in [0.25, 0.3) is 5.57 Å². The molecule has 0 radical (unpaired) electrons. The fraction of sp³-hybridized carbons (Fsp3) is 0.267. The highest BCUT2D eigenvalue weighted by Crippen LogP contribution is 2.56. The summed E-state index contributed by atoms with van der Waals surface area (Å²) >= 11 is 0. The normalized spacial score (nSPS) is 34.0. The van der Waals surface area contributed by atoms with Gasteiger partial charge in [0.25, 0.3) is 5.91 Å². The Morgan fingerprint density at radius 3 is 2.60 bits per heavy atom. The van der Waals surface area contributed by atoms with Gasteiger partial charge < -0.3 is 5.32 Å². The molecule has 1 aromatic rings. The molecule has 4 aliphatic rings. The van der Waals surface area contributed by atoms with Crippen LogP contribution < -0.4 is 5.32 Å². The first-order valence-corrected chi connectivity index (χ1v) is 6.56. The Balaban J connectivity index is 1.92. The van der Waals surface area contributed by atoms with E-state index in [9.17, 15) is 9.59 Å². The van der Waals surface area contributed by atoms with Gasteiger partial charge in [0.2, 0.25) is 0 Å². The van der Waals surface area contributed by atoms with Crippen molar-refractivity contribution in [1.29, 1.82) is 0 Å². The van der Waals surface area contributed by atoms with Crippen molar-refractivity contribution in [3.63, 3.8) is 0 Å². The Bertz CT molecular complexity index is 694. The smallest absolute Gasteiger partial charge is 0.321 e. The van der Waals surface area contributed by atoms with E-state index in [1.54, 1.807) is 19.3 Å². The van der Waals surface area contributed by atoms with Gasteiger partial charge in [-0.2, -0.15) is 0 Å². The van der Waals surface area contributed by atoms with Crippen LogP contribution in [0.4, 0.5) is 4.79 Å². The molecule has 1 N–H and O–H groups in total. The Kier molecular flexibility index (Phi) is 1.92. The van der Waals surface area contributed by atoms with Crippen molar-refractivity contribution in [2.75, 3.05) is 0 Å². The van der Waals surface area contributed by atoms with E-state index in [0.29, 0.717) is 6.42 Å². The number of imide groups is 1. The Labute approximate surface area is 116 Å². The number of hydrogen-bond donors (Lipinski definition) is 1. The summed E-state index contributed by atoms with van der Waals surface area (Å²) in [7, 11) is 0. The fourth-order valence-corrected chi connectivity index (χ4v) is 3.58. The number of nitrogens with zero attached hydrogens (tertiary/aromatic N) is 2. The Morgan fingerprint density at radius 2 is 2.00 bits per heavy atom. The van der Waals surface area contributed by atoms with Crippen molar-refractivity contribution in [3.8, 4) is 0 Å². The van der Waals surface area contributed by atoms with Crippen LogP contribution in [0, 0.1) is 0 Å². The number of benzene rings is 1. The molecule has 5 heteroatoms. The van der Waals surface area contributed by atoms with Gasteiger partial charge in [-0.15, -0.1) is 0 Å². The molecule has 0 aromatic heterocycles. The van der Waals surface area contributed by atoms with Crippen LogP contribution in [0.2, 0.25) is 0 Å². The van der Waals surface area contributed by atoms with Gasteiger partial charge in [0, 0.05) is 24.4 Å². The van der Waals surface area contributed by atoms with Crippen LogP contribution in [0.3, 0.4) is 0 Å². The molecule has 3 fully saturated rings. The minimum atomic E-state index is -0.863. The first kappa shape index (κ1) is 11.4. The Morgan fingerprint density at radius 1 is 1.25 bits per heavy atom. The topological polar surface area (TPSA) is 61.8 Å². The molecular weight excluding hydrogens is 254 g/mol. The zero-order valence-electron chi connectivity index (χ0n) is 11.0. The van der Waals surface area contributed by atoms with Gasteiger partial charge in [-0.1, -0.05) is 30.3 Å². The molecule has 3 saturated heterocycles. The lowest BCUT2D eigenvalue weighted by atomic mass is 9.62. The van der Waals surface area contributed by atoms with Crippen molar-refractivity contribution >= 4 is 23.7 Å². The second-order valence-corrected chi connectivity index (χ2v) is 5.50. The van der Waals surface area contributed by atoms with Gasteiger partial charge >= 0.3 is 6.03 Å². The van der Waals surface area contributed by atoms with Crippen LogP contribution in [0.15, 0.2) is 41.5 Å². The van der Waals surface area contributed by atoms with Crippen molar-refractivity contribution in [3.05, 3.63) is 42.1 Å². The summed E-state index contributed by atoms with van der Waals surface area (Å²) in [5, 5.41) is 2.81. The van der Waals surface area contributed by atoms with Crippen LogP contribution in [0.5, 0.6) is 0 Å². The number of urea groups is 1. The zero-order chi connectivity index (χ0) is 14.0. The Hall–Kier alpha value is -2.43. The van der Waals surface area contributed by atoms with Crippen molar-refractivity contribution < 1.29 is 9.59 Å². The van der Waals surface area contributed by atoms with Crippen molar-refractivity contribution in [1.82, 2.24) is 10.2 Å². The molecule has 20 heavy (non-hydrogen) atoms. The van der Waals surface area contributed by atoms with E-state index in [0.717, 1.165) is 11.1 Å². The van der Waals surface area contributed by atoms with Crippen LogP contribution in [-0.4, -0.2) is 34.1 Å².